The highest BCUT2D eigenvalue weighted by atomic mass is 35.5. The second-order valence-corrected chi connectivity index (χ2v) is 14.1. The highest BCUT2D eigenvalue weighted by Crippen LogP contribution is 2.47. The number of ether oxygens (including phenoxy) is 1. The average molecular weight is 692 g/mol. The maximum Gasteiger partial charge on any atom is 0.330 e. The predicted molar refractivity (Wildman–Crippen MR) is 194 cm³/mol. The van der Waals surface area contributed by atoms with E-state index >= 15 is 0 Å². The van der Waals surface area contributed by atoms with Gasteiger partial charge in [0, 0.05) is 68.2 Å². The summed E-state index contributed by atoms with van der Waals surface area (Å²) in [6.45, 7) is 3.78. The molecule has 0 saturated carbocycles. The Kier molecular flexibility index (Phi) is 7.80. The Morgan fingerprint density at radius 3 is 2.56 bits per heavy atom. The molecule has 0 radical (unpaired) electrons. The molecule has 2 aliphatic heterocycles. The van der Waals surface area contributed by atoms with Crippen LogP contribution < -0.4 is 26.6 Å². The molecule has 8 rings (SSSR count). The summed E-state index contributed by atoms with van der Waals surface area (Å²) in [5, 5.41) is 7.51. The molecule has 5 heterocycles. The Labute approximate surface area is 293 Å². The molecule has 3 aromatic heterocycles. The van der Waals surface area contributed by atoms with E-state index in [1.165, 1.54) is 17.2 Å². The number of likely N-dealkylation sites (tertiary alicyclic amines) is 1. The normalized spacial score (nSPS) is 20.1. The van der Waals surface area contributed by atoms with Crippen LogP contribution in [0, 0.1) is 6.92 Å². The topological polar surface area (TPSA) is 123 Å². The number of halogens is 1. The van der Waals surface area contributed by atoms with Crippen LogP contribution >= 0.6 is 11.6 Å². The van der Waals surface area contributed by atoms with Gasteiger partial charge in [0.25, 0.3) is 5.56 Å². The number of nitrogens with one attached hydrogen (secondary N) is 2. The summed E-state index contributed by atoms with van der Waals surface area (Å²) >= 11 is 7.24. The minimum absolute atomic E-state index is 0.109. The monoisotopic (exact) mass is 691 g/mol. The van der Waals surface area contributed by atoms with Crippen molar-refractivity contribution in [3.05, 3.63) is 97.3 Å². The Morgan fingerprint density at radius 1 is 1.00 bits per heavy atom. The molecular weight excluding hydrogens is 654 g/mol. The van der Waals surface area contributed by atoms with Gasteiger partial charge < -0.3 is 15.4 Å². The van der Waals surface area contributed by atoms with E-state index in [4.69, 9.17) is 21.3 Å². The van der Waals surface area contributed by atoms with Crippen molar-refractivity contribution in [1.82, 2.24) is 29.3 Å². The maximum atomic E-state index is 13.2. The van der Waals surface area contributed by atoms with Gasteiger partial charge in [-0.05, 0) is 67.5 Å². The minimum atomic E-state index is -0.418. The molecule has 1 aliphatic carbocycles. The van der Waals surface area contributed by atoms with E-state index in [1.807, 2.05) is 43.3 Å². The van der Waals surface area contributed by atoms with Gasteiger partial charge in [0.1, 0.15) is 11.2 Å². The van der Waals surface area contributed by atoms with Crippen molar-refractivity contribution in [2.45, 2.75) is 50.6 Å². The molecular formula is C38H38ClN7O4. The lowest BCUT2D eigenvalue weighted by molar-refractivity contribution is -0.119. The van der Waals surface area contributed by atoms with Gasteiger partial charge >= 0.3 is 5.69 Å². The number of rotatable bonds is 6. The smallest absolute Gasteiger partial charge is 0.330 e. The number of fused-ring (bicyclic) bond motifs is 2. The average Bonchev–Trinajstić information content (AvgIpc) is 3.84. The summed E-state index contributed by atoms with van der Waals surface area (Å²) in [5.74, 6) is 1.14. The van der Waals surface area contributed by atoms with E-state index < -0.39 is 11.2 Å². The largest absolute Gasteiger partial charge is 0.481 e. The summed E-state index contributed by atoms with van der Waals surface area (Å²) in [4.78, 5) is 49.8. The van der Waals surface area contributed by atoms with Gasteiger partial charge in [0.15, 0.2) is 0 Å². The second-order valence-electron chi connectivity index (χ2n) is 13.7. The van der Waals surface area contributed by atoms with E-state index in [2.05, 4.69) is 26.6 Å². The van der Waals surface area contributed by atoms with Crippen LogP contribution in [0.1, 0.15) is 48.4 Å². The molecule has 3 aliphatic rings. The van der Waals surface area contributed by atoms with Crippen LogP contribution in [0.2, 0.25) is 5.02 Å². The molecule has 2 aromatic carbocycles. The van der Waals surface area contributed by atoms with Gasteiger partial charge in [-0.25, -0.2) is 14.8 Å². The van der Waals surface area contributed by atoms with Gasteiger partial charge in [-0.3, -0.25) is 23.6 Å². The summed E-state index contributed by atoms with van der Waals surface area (Å²) in [5.41, 5.74) is 6.90. The Bertz CT molecular complexity index is 2350. The Balaban J connectivity index is 1.13. The first-order chi connectivity index (χ1) is 24.1. The van der Waals surface area contributed by atoms with E-state index in [1.54, 1.807) is 26.4 Å². The van der Waals surface area contributed by atoms with Crippen molar-refractivity contribution in [2.24, 2.45) is 14.1 Å². The van der Waals surface area contributed by atoms with Crippen molar-refractivity contribution in [3.8, 4) is 28.3 Å². The lowest BCUT2D eigenvalue weighted by Crippen LogP contribution is -2.44. The number of aryl methyl sites for hydroxylation is 2. The third kappa shape index (κ3) is 5.10. The molecule has 2 atom stereocenters. The van der Waals surface area contributed by atoms with Crippen LogP contribution in [-0.2, 0) is 25.3 Å². The Hall–Kier alpha value is -5.00. The van der Waals surface area contributed by atoms with Crippen molar-refractivity contribution in [3.63, 3.8) is 0 Å². The number of anilines is 2. The number of aromatic nitrogens is 4. The summed E-state index contributed by atoms with van der Waals surface area (Å²) in [7, 11) is 4.77. The van der Waals surface area contributed by atoms with E-state index in [9.17, 15) is 14.4 Å². The molecule has 1 spiro atoms. The zero-order valence-electron chi connectivity index (χ0n) is 28.5. The van der Waals surface area contributed by atoms with Crippen LogP contribution in [0.15, 0.2) is 64.3 Å². The molecule has 11 nitrogen and oxygen atoms in total. The number of carbonyl (C=O) groups is 1. The highest BCUT2D eigenvalue weighted by Gasteiger charge is 2.46. The first kappa shape index (κ1) is 32.2. The SMILES string of the molecule is COc1nc(-c2cccc(-c3cccc(Nc4nccc5c4c(=O)n(C)c(=O)n5C)c3C)c2Cl)cc2c1[C@@H](N1CC[C@@]3(CCC(=O)N3)C1)CC2. The van der Waals surface area contributed by atoms with E-state index in [-0.39, 0.29) is 17.5 Å². The molecule has 50 heavy (non-hydrogen) atoms. The van der Waals surface area contributed by atoms with Gasteiger partial charge in [-0.15, -0.1) is 0 Å². The molecule has 2 fully saturated rings. The van der Waals surface area contributed by atoms with Crippen molar-refractivity contribution in [2.75, 3.05) is 25.5 Å². The van der Waals surface area contributed by atoms with Crippen LogP contribution in [0.3, 0.4) is 0 Å². The summed E-state index contributed by atoms with van der Waals surface area (Å²) in [6, 6.07) is 15.8. The number of benzene rings is 2. The fourth-order valence-electron chi connectivity index (χ4n) is 8.24. The van der Waals surface area contributed by atoms with E-state index in [0.717, 1.165) is 82.5 Å². The standard InChI is InChI=1S/C38H38ClN7O4/c1-21-23(7-6-10-26(21)41-34-32-28(14-17-40-34)44(2)37(49)45(3)36(32)48)24-8-5-9-25(33(24)39)27-19-22-11-12-29(31(22)35(42-27)50-4)46-18-16-38(20-46)15-13-30(47)43-38/h5-10,14,17,19,29H,11-13,15-16,18,20H2,1-4H3,(H,40,41)(H,43,47)/t29-,38-/m0/s1. The third-order valence-corrected chi connectivity index (χ3v) is 11.3. The lowest BCUT2D eigenvalue weighted by Gasteiger charge is -2.28. The van der Waals surface area contributed by atoms with Gasteiger partial charge in [-0.2, -0.15) is 0 Å². The van der Waals surface area contributed by atoms with Gasteiger partial charge in [0.05, 0.1) is 28.9 Å². The number of hydrogen-bond acceptors (Lipinski definition) is 8. The highest BCUT2D eigenvalue weighted by molar-refractivity contribution is 6.36. The molecule has 2 saturated heterocycles. The maximum absolute atomic E-state index is 13.2. The summed E-state index contributed by atoms with van der Waals surface area (Å²) in [6.07, 6.45) is 5.93. The van der Waals surface area contributed by atoms with Crippen molar-refractivity contribution in [1.29, 1.82) is 0 Å². The van der Waals surface area contributed by atoms with Crippen LogP contribution in [0.5, 0.6) is 5.88 Å². The minimum Gasteiger partial charge on any atom is -0.481 e. The fourth-order valence-corrected chi connectivity index (χ4v) is 8.56. The summed E-state index contributed by atoms with van der Waals surface area (Å²) < 4.78 is 8.47. The van der Waals surface area contributed by atoms with Crippen LogP contribution in [-0.4, -0.2) is 55.6 Å². The molecule has 256 valence electrons. The quantitative estimate of drug-likeness (QED) is 0.242. The van der Waals surface area contributed by atoms with Crippen molar-refractivity contribution < 1.29 is 9.53 Å². The number of hydrogen-bond donors (Lipinski definition) is 2. The van der Waals surface area contributed by atoms with E-state index in [0.29, 0.717) is 34.0 Å². The molecule has 0 bridgehead atoms. The third-order valence-electron chi connectivity index (χ3n) is 10.9. The molecule has 5 aromatic rings. The zero-order valence-corrected chi connectivity index (χ0v) is 29.2. The number of carbonyl (C=O) groups excluding carboxylic acids is 1. The first-order valence-corrected chi connectivity index (χ1v) is 17.3. The van der Waals surface area contributed by atoms with Crippen LogP contribution in [0.25, 0.3) is 33.3 Å². The number of nitrogens with zero attached hydrogens (tertiary/aromatic N) is 5. The number of amides is 1. The second kappa shape index (κ2) is 12.1. The molecule has 12 heteroatoms. The van der Waals surface area contributed by atoms with Gasteiger partial charge in [-0.1, -0.05) is 41.9 Å². The fraction of sp³-hybridized carbons (Fsp3) is 0.342. The van der Waals surface area contributed by atoms with Crippen molar-refractivity contribution >= 4 is 39.9 Å². The zero-order chi connectivity index (χ0) is 34.9. The van der Waals surface area contributed by atoms with Crippen LogP contribution in [0.4, 0.5) is 11.5 Å². The molecule has 0 unspecified atom stereocenters. The molecule has 2 N–H and O–H groups in total. The first-order valence-electron chi connectivity index (χ1n) is 16.9. The number of methoxy groups -OCH3 is 1. The molecule has 1 amide bonds. The van der Waals surface area contributed by atoms with Gasteiger partial charge in [0.2, 0.25) is 11.8 Å². The lowest BCUT2D eigenvalue weighted by atomic mass is 9.96. The predicted octanol–water partition coefficient (Wildman–Crippen LogP) is 5.42. The Morgan fingerprint density at radius 2 is 1.78 bits per heavy atom. The number of pyridine rings is 2.